The van der Waals surface area contributed by atoms with Crippen LogP contribution in [-0.4, -0.2) is 23.5 Å². The van der Waals surface area contributed by atoms with Crippen LogP contribution in [0.25, 0.3) is 17.2 Å². The molecule has 0 unspecified atom stereocenters. The SMILES string of the molecule is N#Cc1c(-c2ccccc2)csc1NC(=O)CSc1cccc(NC(=O)/C(=C/c2ccccc2F)NC(=O)c2ccccc2)c1. The number of amides is 3. The van der Waals surface area contributed by atoms with E-state index in [4.69, 9.17) is 0 Å². The van der Waals surface area contributed by atoms with Gasteiger partial charge in [0.05, 0.1) is 11.3 Å². The molecular weight excluding hydrogens is 608 g/mol. The predicted molar refractivity (Wildman–Crippen MR) is 177 cm³/mol. The second-order valence-corrected chi connectivity index (χ2v) is 11.5. The standard InChI is InChI=1S/C35H25FN4O3S2/c36-30-17-8-7-14-25(30)18-31(39-33(42)24-12-5-2-6-13-24)34(43)38-26-15-9-16-27(19-26)44-22-32(41)40-35-28(20-37)29(21-45-35)23-10-3-1-4-11-23/h1-19,21H,22H2,(H,38,43)(H,39,42)(H,40,41)/b31-18-. The maximum absolute atomic E-state index is 14.4. The van der Waals surface area contributed by atoms with E-state index < -0.39 is 17.6 Å². The van der Waals surface area contributed by atoms with Crippen molar-refractivity contribution in [3.63, 3.8) is 0 Å². The van der Waals surface area contributed by atoms with E-state index in [0.29, 0.717) is 26.7 Å². The van der Waals surface area contributed by atoms with Crippen LogP contribution in [0.15, 0.2) is 125 Å². The number of hydrogen-bond acceptors (Lipinski definition) is 6. The van der Waals surface area contributed by atoms with Crippen molar-refractivity contribution < 1.29 is 18.8 Å². The van der Waals surface area contributed by atoms with Crippen LogP contribution in [0.1, 0.15) is 21.5 Å². The molecule has 4 aromatic carbocycles. The molecule has 0 aliphatic rings. The first-order valence-electron chi connectivity index (χ1n) is 13.6. The van der Waals surface area contributed by atoms with Gasteiger partial charge in [0.25, 0.3) is 11.8 Å². The highest BCUT2D eigenvalue weighted by Crippen LogP contribution is 2.35. The number of thiophene rings is 1. The van der Waals surface area contributed by atoms with Crippen molar-refractivity contribution in [2.45, 2.75) is 4.90 Å². The molecule has 5 rings (SSSR count). The van der Waals surface area contributed by atoms with Gasteiger partial charge in [-0.05, 0) is 48.0 Å². The highest BCUT2D eigenvalue weighted by atomic mass is 32.2. The minimum absolute atomic E-state index is 0.0619. The van der Waals surface area contributed by atoms with Crippen LogP contribution in [0.2, 0.25) is 0 Å². The molecule has 0 radical (unpaired) electrons. The maximum atomic E-state index is 14.4. The molecule has 3 amide bonds. The van der Waals surface area contributed by atoms with Gasteiger partial charge in [-0.15, -0.1) is 23.1 Å². The number of hydrogen-bond donors (Lipinski definition) is 3. The van der Waals surface area contributed by atoms with Gasteiger partial charge < -0.3 is 16.0 Å². The molecule has 1 heterocycles. The van der Waals surface area contributed by atoms with Crippen molar-refractivity contribution in [1.82, 2.24) is 5.32 Å². The van der Waals surface area contributed by atoms with Gasteiger partial charge >= 0.3 is 0 Å². The topological polar surface area (TPSA) is 111 Å². The molecule has 0 fully saturated rings. The lowest BCUT2D eigenvalue weighted by Crippen LogP contribution is -2.30. The monoisotopic (exact) mass is 632 g/mol. The van der Waals surface area contributed by atoms with Crippen LogP contribution < -0.4 is 16.0 Å². The molecule has 3 N–H and O–H groups in total. The Hall–Kier alpha value is -5.50. The molecule has 0 spiro atoms. The Labute approximate surface area is 267 Å². The fraction of sp³-hybridized carbons (Fsp3) is 0.0286. The molecule has 0 saturated carbocycles. The summed E-state index contributed by atoms with van der Waals surface area (Å²) in [4.78, 5) is 39.7. The number of carbonyl (C=O) groups is 3. The van der Waals surface area contributed by atoms with E-state index in [-0.39, 0.29) is 22.9 Å². The first-order valence-corrected chi connectivity index (χ1v) is 15.5. The van der Waals surface area contributed by atoms with Crippen LogP contribution in [-0.2, 0) is 9.59 Å². The second-order valence-electron chi connectivity index (χ2n) is 9.55. The number of anilines is 2. The van der Waals surface area contributed by atoms with Gasteiger partial charge in [0.15, 0.2) is 0 Å². The summed E-state index contributed by atoms with van der Waals surface area (Å²) < 4.78 is 14.4. The summed E-state index contributed by atoms with van der Waals surface area (Å²) in [6, 6.07) is 32.8. The van der Waals surface area contributed by atoms with Gasteiger partial charge in [0, 0.05) is 32.7 Å². The zero-order chi connectivity index (χ0) is 31.6. The Morgan fingerprint density at radius 2 is 1.58 bits per heavy atom. The number of benzene rings is 4. The summed E-state index contributed by atoms with van der Waals surface area (Å²) in [7, 11) is 0. The number of rotatable bonds is 10. The van der Waals surface area contributed by atoms with E-state index in [1.54, 1.807) is 60.7 Å². The Morgan fingerprint density at radius 3 is 2.31 bits per heavy atom. The summed E-state index contributed by atoms with van der Waals surface area (Å²) in [5, 5.41) is 20.2. The van der Waals surface area contributed by atoms with Crippen molar-refractivity contribution in [3.05, 3.63) is 143 Å². The normalized spacial score (nSPS) is 10.9. The summed E-state index contributed by atoms with van der Waals surface area (Å²) in [5.41, 5.74) is 2.80. The molecule has 0 bridgehead atoms. The van der Waals surface area contributed by atoms with E-state index in [9.17, 15) is 24.0 Å². The van der Waals surface area contributed by atoms with Crippen LogP contribution in [0, 0.1) is 17.1 Å². The number of nitriles is 1. The Morgan fingerprint density at radius 1 is 0.867 bits per heavy atom. The first-order chi connectivity index (χ1) is 21.9. The van der Waals surface area contributed by atoms with Crippen LogP contribution in [0.3, 0.4) is 0 Å². The Kier molecular flexibility index (Phi) is 10.2. The van der Waals surface area contributed by atoms with Gasteiger partial charge in [-0.25, -0.2) is 4.39 Å². The molecule has 45 heavy (non-hydrogen) atoms. The van der Waals surface area contributed by atoms with E-state index in [1.807, 2.05) is 35.7 Å². The van der Waals surface area contributed by atoms with Crippen molar-refractivity contribution in [2.24, 2.45) is 0 Å². The maximum Gasteiger partial charge on any atom is 0.272 e. The van der Waals surface area contributed by atoms with Gasteiger partial charge in [0.2, 0.25) is 5.91 Å². The molecule has 0 aliphatic heterocycles. The van der Waals surface area contributed by atoms with Gasteiger partial charge in [-0.2, -0.15) is 5.26 Å². The fourth-order valence-electron chi connectivity index (χ4n) is 4.25. The first kappa shape index (κ1) is 30.9. The fourth-order valence-corrected chi connectivity index (χ4v) is 5.95. The van der Waals surface area contributed by atoms with Crippen molar-refractivity contribution in [1.29, 1.82) is 5.26 Å². The summed E-state index contributed by atoms with van der Waals surface area (Å²) in [5.74, 6) is -1.95. The van der Waals surface area contributed by atoms with E-state index in [2.05, 4.69) is 22.0 Å². The van der Waals surface area contributed by atoms with Crippen molar-refractivity contribution in [2.75, 3.05) is 16.4 Å². The average molecular weight is 633 g/mol. The smallest absolute Gasteiger partial charge is 0.272 e. The minimum Gasteiger partial charge on any atom is -0.321 e. The number of nitrogens with zero attached hydrogens (tertiary/aromatic N) is 1. The lowest BCUT2D eigenvalue weighted by atomic mass is 10.1. The number of thioether (sulfide) groups is 1. The summed E-state index contributed by atoms with van der Waals surface area (Å²) >= 11 is 2.54. The van der Waals surface area contributed by atoms with Gasteiger partial charge in [-0.1, -0.05) is 72.8 Å². The Balaban J connectivity index is 1.26. The van der Waals surface area contributed by atoms with Crippen LogP contribution >= 0.6 is 23.1 Å². The minimum atomic E-state index is -0.654. The number of halogens is 1. The molecule has 1 aromatic heterocycles. The van der Waals surface area contributed by atoms with E-state index in [0.717, 1.165) is 11.1 Å². The molecular formula is C35H25FN4O3S2. The largest absolute Gasteiger partial charge is 0.321 e. The quantitative estimate of drug-likeness (QED) is 0.109. The molecule has 0 aliphatic carbocycles. The number of nitrogens with one attached hydrogen (secondary N) is 3. The third-order valence-corrected chi connectivity index (χ3v) is 8.33. The summed E-state index contributed by atoms with van der Waals surface area (Å²) in [6.07, 6.45) is 1.28. The highest BCUT2D eigenvalue weighted by Gasteiger charge is 2.17. The third kappa shape index (κ3) is 8.12. The lowest BCUT2D eigenvalue weighted by molar-refractivity contribution is -0.114. The molecule has 5 aromatic rings. The highest BCUT2D eigenvalue weighted by molar-refractivity contribution is 8.00. The zero-order valence-corrected chi connectivity index (χ0v) is 25.3. The van der Waals surface area contributed by atoms with Crippen LogP contribution in [0.4, 0.5) is 15.1 Å². The van der Waals surface area contributed by atoms with E-state index in [1.165, 1.54) is 47.4 Å². The third-order valence-electron chi connectivity index (χ3n) is 6.44. The molecule has 0 saturated heterocycles. The molecule has 10 heteroatoms. The molecule has 222 valence electrons. The molecule has 0 atom stereocenters. The zero-order valence-electron chi connectivity index (χ0n) is 23.6. The number of carbonyl (C=O) groups excluding carboxylic acids is 3. The van der Waals surface area contributed by atoms with Gasteiger partial charge in [0.1, 0.15) is 22.6 Å². The predicted octanol–water partition coefficient (Wildman–Crippen LogP) is 7.57. The molecule has 7 nitrogen and oxygen atoms in total. The summed E-state index contributed by atoms with van der Waals surface area (Å²) in [6.45, 7) is 0. The van der Waals surface area contributed by atoms with Crippen molar-refractivity contribution >= 4 is 57.6 Å². The van der Waals surface area contributed by atoms with E-state index >= 15 is 0 Å². The lowest BCUT2D eigenvalue weighted by Gasteiger charge is -2.12. The average Bonchev–Trinajstić information content (AvgIpc) is 3.47. The van der Waals surface area contributed by atoms with Gasteiger partial charge in [-0.3, -0.25) is 14.4 Å². The van der Waals surface area contributed by atoms with Crippen LogP contribution in [0.5, 0.6) is 0 Å². The Bertz CT molecular complexity index is 1920. The van der Waals surface area contributed by atoms with Crippen molar-refractivity contribution in [3.8, 4) is 17.2 Å². The second kappa shape index (κ2) is 14.8.